The van der Waals surface area contributed by atoms with Gasteiger partial charge in [0.25, 0.3) is 0 Å². The first-order valence-electron chi connectivity index (χ1n) is 6.25. The van der Waals surface area contributed by atoms with Crippen LogP contribution in [-0.2, 0) is 11.2 Å². The summed E-state index contributed by atoms with van der Waals surface area (Å²) in [4.78, 5) is 11.2. The van der Waals surface area contributed by atoms with E-state index in [1.807, 2.05) is 13.0 Å². The number of nitrogens with zero attached hydrogens (tertiary/aromatic N) is 1. The van der Waals surface area contributed by atoms with Gasteiger partial charge < -0.3 is 14.8 Å². The Morgan fingerprint density at radius 2 is 2.25 bits per heavy atom. The molecule has 0 aliphatic carbocycles. The highest BCUT2D eigenvalue weighted by atomic mass is 35.5. The van der Waals surface area contributed by atoms with Crippen LogP contribution in [0.25, 0.3) is 0 Å². The monoisotopic (exact) mass is 296 g/mol. The summed E-state index contributed by atoms with van der Waals surface area (Å²) in [6.07, 6.45) is 0.467. The third-order valence-corrected chi connectivity index (χ3v) is 2.83. The molecule has 0 heterocycles. The first-order chi connectivity index (χ1) is 9.62. The number of carbonyl (C=O) groups is 1. The zero-order valence-corrected chi connectivity index (χ0v) is 12.3. The van der Waals surface area contributed by atoms with Crippen molar-refractivity contribution in [2.45, 2.75) is 19.8 Å². The smallest absolute Gasteiger partial charge is 0.234 e. The van der Waals surface area contributed by atoms with Crippen LogP contribution in [0.4, 0.5) is 0 Å². The number of benzene rings is 1. The fourth-order valence-corrected chi connectivity index (χ4v) is 2.02. The van der Waals surface area contributed by atoms with Crippen molar-refractivity contribution in [2.75, 3.05) is 20.3 Å². The van der Waals surface area contributed by atoms with Crippen LogP contribution in [0.3, 0.4) is 0 Å². The first-order valence-corrected chi connectivity index (χ1v) is 6.63. The normalized spacial score (nSPS) is 9.70. The standard InChI is InChI=1S/C14H17ClN2O3/c1-3-20-12-9-10(8-11(15)14(12)19-2)5-7-17-13(18)4-6-16/h8-9H,3-5,7H2,1-2H3,(H,17,18). The number of nitrogens with one attached hydrogen (secondary N) is 1. The van der Waals surface area contributed by atoms with E-state index < -0.39 is 0 Å². The van der Waals surface area contributed by atoms with Gasteiger partial charge in [-0.2, -0.15) is 5.26 Å². The molecule has 0 aliphatic heterocycles. The van der Waals surface area contributed by atoms with Gasteiger partial charge in [-0.25, -0.2) is 0 Å². The SMILES string of the molecule is CCOc1cc(CCNC(=O)CC#N)cc(Cl)c1OC. The number of amides is 1. The Morgan fingerprint density at radius 1 is 1.50 bits per heavy atom. The van der Waals surface area contributed by atoms with Crippen LogP contribution in [0.5, 0.6) is 11.5 Å². The predicted octanol–water partition coefficient (Wildman–Crippen LogP) is 2.32. The maximum absolute atomic E-state index is 11.2. The molecule has 108 valence electrons. The van der Waals surface area contributed by atoms with Gasteiger partial charge in [-0.15, -0.1) is 0 Å². The Labute approximate surface area is 123 Å². The maximum Gasteiger partial charge on any atom is 0.234 e. The number of methoxy groups -OCH3 is 1. The lowest BCUT2D eigenvalue weighted by Gasteiger charge is -2.13. The van der Waals surface area contributed by atoms with E-state index in [0.717, 1.165) is 5.56 Å². The summed E-state index contributed by atoms with van der Waals surface area (Å²) in [6, 6.07) is 5.41. The topological polar surface area (TPSA) is 71.3 Å². The van der Waals surface area contributed by atoms with Crippen molar-refractivity contribution < 1.29 is 14.3 Å². The van der Waals surface area contributed by atoms with E-state index in [1.165, 1.54) is 7.11 Å². The van der Waals surface area contributed by atoms with Crippen molar-refractivity contribution in [1.29, 1.82) is 5.26 Å². The minimum absolute atomic E-state index is 0.131. The van der Waals surface area contributed by atoms with Gasteiger partial charge in [-0.1, -0.05) is 11.6 Å². The molecule has 1 N–H and O–H groups in total. The lowest BCUT2D eigenvalue weighted by molar-refractivity contribution is -0.120. The van der Waals surface area contributed by atoms with Crippen LogP contribution in [0.2, 0.25) is 5.02 Å². The van der Waals surface area contributed by atoms with Crippen LogP contribution in [0, 0.1) is 11.3 Å². The molecule has 1 amide bonds. The molecule has 0 aliphatic rings. The molecule has 20 heavy (non-hydrogen) atoms. The quantitative estimate of drug-likeness (QED) is 0.838. The van der Waals surface area contributed by atoms with Gasteiger partial charge in [0.2, 0.25) is 5.91 Å². The molecule has 1 aromatic rings. The number of ether oxygens (including phenoxy) is 2. The second kappa shape index (κ2) is 8.28. The molecule has 5 nitrogen and oxygen atoms in total. The molecule has 0 atom stereocenters. The molecule has 0 bridgehead atoms. The van der Waals surface area contributed by atoms with E-state index in [9.17, 15) is 4.79 Å². The van der Waals surface area contributed by atoms with Gasteiger partial charge in [0.15, 0.2) is 11.5 Å². The Balaban J connectivity index is 2.71. The molecule has 0 aromatic heterocycles. The third-order valence-electron chi connectivity index (χ3n) is 2.55. The van der Waals surface area contributed by atoms with Crippen molar-refractivity contribution in [2.24, 2.45) is 0 Å². The predicted molar refractivity (Wildman–Crippen MR) is 76.1 cm³/mol. The molecule has 1 aromatic carbocycles. The summed E-state index contributed by atoms with van der Waals surface area (Å²) in [5, 5.41) is 11.5. The molecule has 0 unspecified atom stereocenters. The van der Waals surface area contributed by atoms with Crippen molar-refractivity contribution in [3.8, 4) is 17.6 Å². The van der Waals surface area contributed by atoms with E-state index in [2.05, 4.69) is 5.32 Å². The van der Waals surface area contributed by atoms with E-state index in [0.29, 0.717) is 36.1 Å². The number of nitriles is 1. The summed E-state index contributed by atoms with van der Waals surface area (Å²) in [6.45, 7) is 2.83. The Morgan fingerprint density at radius 3 is 2.85 bits per heavy atom. The molecule has 0 fully saturated rings. The van der Waals surface area contributed by atoms with E-state index in [4.69, 9.17) is 26.3 Å². The average molecular weight is 297 g/mol. The van der Waals surface area contributed by atoms with Gasteiger partial charge in [0.05, 0.1) is 24.8 Å². The van der Waals surface area contributed by atoms with Crippen LogP contribution in [-0.4, -0.2) is 26.2 Å². The largest absolute Gasteiger partial charge is 0.491 e. The zero-order valence-electron chi connectivity index (χ0n) is 11.5. The van der Waals surface area contributed by atoms with Gasteiger partial charge in [0, 0.05) is 6.54 Å². The summed E-state index contributed by atoms with van der Waals surface area (Å²) in [7, 11) is 1.53. The average Bonchev–Trinajstić information content (AvgIpc) is 2.39. The molecular formula is C14H17ClN2O3. The highest BCUT2D eigenvalue weighted by molar-refractivity contribution is 6.32. The van der Waals surface area contributed by atoms with E-state index in [1.54, 1.807) is 12.1 Å². The summed E-state index contributed by atoms with van der Waals surface area (Å²) in [5.41, 5.74) is 0.927. The number of carbonyl (C=O) groups excluding carboxylic acids is 1. The fraction of sp³-hybridized carbons (Fsp3) is 0.429. The Kier molecular flexibility index (Phi) is 6.68. The summed E-state index contributed by atoms with van der Waals surface area (Å²) < 4.78 is 10.7. The van der Waals surface area contributed by atoms with Crippen molar-refractivity contribution >= 4 is 17.5 Å². The van der Waals surface area contributed by atoms with E-state index in [-0.39, 0.29) is 12.3 Å². The summed E-state index contributed by atoms with van der Waals surface area (Å²) >= 11 is 6.13. The third kappa shape index (κ3) is 4.63. The molecular weight excluding hydrogens is 280 g/mol. The number of rotatable bonds is 7. The van der Waals surface area contributed by atoms with Crippen molar-refractivity contribution in [1.82, 2.24) is 5.32 Å². The minimum atomic E-state index is -0.280. The number of hydrogen-bond donors (Lipinski definition) is 1. The van der Waals surface area contributed by atoms with Crippen LogP contribution in [0.1, 0.15) is 18.9 Å². The second-order valence-corrected chi connectivity index (χ2v) is 4.38. The molecule has 1 rings (SSSR count). The molecule has 6 heteroatoms. The van der Waals surface area contributed by atoms with Gasteiger partial charge in [-0.05, 0) is 31.0 Å². The Hall–Kier alpha value is -1.93. The Bertz CT molecular complexity index is 512. The fourth-order valence-electron chi connectivity index (χ4n) is 1.71. The zero-order chi connectivity index (χ0) is 15.0. The van der Waals surface area contributed by atoms with Gasteiger partial charge in [0.1, 0.15) is 6.42 Å². The molecule has 0 radical (unpaired) electrons. The van der Waals surface area contributed by atoms with E-state index >= 15 is 0 Å². The minimum Gasteiger partial charge on any atom is -0.491 e. The lowest BCUT2D eigenvalue weighted by atomic mass is 10.1. The van der Waals surface area contributed by atoms with Gasteiger partial charge in [-0.3, -0.25) is 4.79 Å². The van der Waals surface area contributed by atoms with Crippen LogP contribution >= 0.6 is 11.6 Å². The second-order valence-electron chi connectivity index (χ2n) is 3.98. The number of hydrogen-bond acceptors (Lipinski definition) is 4. The van der Waals surface area contributed by atoms with Crippen molar-refractivity contribution in [3.63, 3.8) is 0 Å². The van der Waals surface area contributed by atoms with Crippen molar-refractivity contribution in [3.05, 3.63) is 22.7 Å². The number of halogens is 1. The highest BCUT2D eigenvalue weighted by Crippen LogP contribution is 2.36. The van der Waals surface area contributed by atoms with Crippen LogP contribution in [0.15, 0.2) is 12.1 Å². The molecule has 0 spiro atoms. The highest BCUT2D eigenvalue weighted by Gasteiger charge is 2.11. The lowest BCUT2D eigenvalue weighted by Crippen LogP contribution is -2.24. The van der Waals surface area contributed by atoms with Gasteiger partial charge >= 0.3 is 0 Å². The van der Waals surface area contributed by atoms with Crippen LogP contribution < -0.4 is 14.8 Å². The first kappa shape index (κ1) is 16.1. The molecule has 0 saturated heterocycles. The summed E-state index contributed by atoms with van der Waals surface area (Å²) in [5.74, 6) is 0.809. The maximum atomic E-state index is 11.2. The molecule has 0 saturated carbocycles.